The quantitative estimate of drug-likeness (QED) is 0.536. The molecule has 0 heterocycles. The fraction of sp³-hybridized carbons (Fsp3) is 0.0952. The fourth-order valence-corrected chi connectivity index (χ4v) is 4.20. The summed E-state index contributed by atoms with van der Waals surface area (Å²) in [6.07, 6.45) is 4.69. The van der Waals surface area contributed by atoms with E-state index in [9.17, 15) is 13.2 Å². The van der Waals surface area contributed by atoms with E-state index >= 15 is 0 Å². The molecule has 0 aliphatic carbocycles. The lowest BCUT2D eigenvalue weighted by atomic mass is 10.3. The van der Waals surface area contributed by atoms with Crippen LogP contribution in [0.2, 0.25) is 10.0 Å². The fourth-order valence-electron chi connectivity index (χ4n) is 2.31. The molecule has 0 aromatic heterocycles. The molecule has 0 atom stereocenters. The lowest BCUT2D eigenvalue weighted by Gasteiger charge is -2.20. The molecule has 2 N–H and O–H groups in total. The van der Waals surface area contributed by atoms with Gasteiger partial charge in [-0.25, -0.2) is 13.2 Å². The number of anilines is 1. The van der Waals surface area contributed by atoms with Crippen LogP contribution in [0.25, 0.3) is 0 Å². The van der Waals surface area contributed by atoms with E-state index in [0.717, 1.165) is 4.31 Å². The zero-order valence-electron chi connectivity index (χ0n) is 16.4. The van der Waals surface area contributed by atoms with E-state index in [1.165, 1.54) is 31.3 Å². The molecule has 0 saturated carbocycles. The number of rotatable bonds is 7. The Morgan fingerprint density at radius 1 is 1.07 bits per heavy atom. The normalized spacial score (nSPS) is 11.9. The van der Waals surface area contributed by atoms with Crippen molar-refractivity contribution < 1.29 is 13.2 Å². The molecule has 0 saturated heterocycles. The summed E-state index contributed by atoms with van der Waals surface area (Å²) < 4.78 is 26.6. The van der Waals surface area contributed by atoms with Crippen LogP contribution < -0.4 is 10.6 Å². The minimum atomic E-state index is -3.91. The zero-order chi connectivity index (χ0) is 22.3. The van der Waals surface area contributed by atoms with Gasteiger partial charge in [0.2, 0.25) is 0 Å². The van der Waals surface area contributed by atoms with Crippen molar-refractivity contribution in [3.8, 4) is 0 Å². The van der Waals surface area contributed by atoms with E-state index in [4.69, 9.17) is 23.2 Å². The van der Waals surface area contributed by atoms with Crippen molar-refractivity contribution in [3.63, 3.8) is 0 Å². The molecule has 0 aliphatic heterocycles. The Hall–Kier alpha value is -2.74. The molecule has 0 unspecified atom stereocenters. The number of sulfonamides is 1. The number of carbonyl (C=O) groups excluding carboxylic acids is 1. The Bertz CT molecular complexity index is 1080. The lowest BCUT2D eigenvalue weighted by molar-refractivity contribution is 0.254. The van der Waals surface area contributed by atoms with Crippen LogP contribution in [0, 0.1) is 0 Å². The summed E-state index contributed by atoms with van der Waals surface area (Å²) in [5.74, 6) is 0. The predicted octanol–water partition coefficient (Wildman–Crippen LogP) is 5.41. The second kappa shape index (κ2) is 10.3. The number of benzene rings is 2. The number of nitrogens with zero attached hydrogens (tertiary/aromatic N) is 1. The van der Waals surface area contributed by atoms with Gasteiger partial charge in [0.1, 0.15) is 0 Å². The number of hydrogen-bond acceptors (Lipinski definition) is 3. The highest BCUT2D eigenvalue weighted by Crippen LogP contribution is 2.25. The minimum Gasteiger partial charge on any atom is -0.308 e. The zero-order valence-corrected chi connectivity index (χ0v) is 18.7. The smallest absolute Gasteiger partial charge is 0.308 e. The van der Waals surface area contributed by atoms with Crippen LogP contribution in [-0.2, 0) is 10.0 Å². The van der Waals surface area contributed by atoms with Crippen molar-refractivity contribution in [2.24, 2.45) is 0 Å². The summed E-state index contributed by atoms with van der Waals surface area (Å²) >= 11 is 11.8. The highest BCUT2D eigenvalue weighted by molar-refractivity contribution is 7.89. The number of allylic oxidation sites excluding steroid dienone is 3. The molecule has 6 nitrogen and oxygen atoms in total. The molecule has 0 fully saturated rings. The van der Waals surface area contributed by atoms with Gasteiger partial charge >= 0.3 is 6.03 Å². The average molecular weight is 466 g/mol. The molecule has 158 valence electrons. The number of halogens is 2. The van der Waals surface area contributed by atoms with E-state index in [2.05, 4.69) is 17.2 Å². The van der Waals surface area contributed by atoms with Crippen LogP contribution in [-0.4, -0.2) is 25.8 Å². The summed E-state index contributed by atoms with van der Waals surface area (Å²) in [6.45, 7) is 5.52. The van der Waals surface area contributed by atoms with Gasteiger partial charge in [0.15, 0.2) is 0 Å². The highest BCUT2D eigenvalue weighted by atomic mass is 35.5. The van der Waals surface area contributed by atoms with Gasteiger partial charge in [0.05, 0.1) is 4.90 Å². The van der Waals surface area contributed by atoms with Crippen molar-refractivity contribution in [2.45, 2.75) is 11.8 Å². The Kier molecular flexibility index (Phi) is 8.11. The first-order valence-corrected chi connectivity index (χ1v) is 10.9. The molecular formula is C21H21Cl2N3O3S. The first-order valence-electron chi connectivity index (χ1n) is 8.75. The van der Waals surface area contributed by atoms with Crippen molar-refractivity contribution in [2.75, 3.05) is 12.4 Å². The van der Waals surface area contributed by atoms with Gasteiger partial charge in [-0.3, -0.25) is 4.31 Å². The molecule has 0 radical (unpaired) electrons. The molecule has 0 aliphatic rings. The number of urea groups is 1. The highest BCUT2D eigenvalue weighted by Gasteiger charge is 2.22. The number of nitrogens with one attached hydrogen (secondary N) is 2. The van der Waals surface area contributed by atoms with E-state index < -0.39 is 16.1 Å². The van der Waals surface area contributed by atoms with E-state index in [0.29, 0.717) is 11.4 Å². The Morgan fingerprint density at radius 2 is 1.67 bits per heavy atom. The van der Waals surface area contributed by atoms with Crippen LogP contribution in [0.5, 0.6) is 0 Å². The van der Waals surface area contributed by atoms with Gasteiger partial charge in [0, 0.05) is 34.2 Å². The van der Waals surface area contributed by atoms with Crippen molar-refractivity contribution >= 4 is 44.9 Å². The maximum atomic E-state index is 12.8. The topological polar surface area (TPSA) is 78.5 Å². The van der Waals surface area contributed by atoms with Gasteiger partial charge < -0.3 is 10.6 Å². The molecule has 30 heavy (non-hydrogen) atoms. The Labute approximate surface area is 186 Å². The first-order chi connectivity index (χ1) is 14.1. The maximum absolute atomic E-state index is 12.8. The second-order valence-electron chi connectivity index (χ2n) is 6.09. The van der Waals surface area contributed by atoms with Gasteiger partial charge in [-0.15, -0.1) is 0 Å². The van der Waals surface area contributed by atoms with Crippen LogP contribution in [0.1, 0.15) is 6.92 Å². The molecule has 2 aromatic rings. The lowest BCUT2D eigenvalue weighted by Crippen LogP contribution is -2.28. The standard InChI is InChI=1S/C21H21Cl2N3O3S/c1-4-18(24-21(27)25-19-8-6-5-7-9-19)11-10-15(2)26(3)30(28,29)20-13-16(22)12-17(23)14-20/h4-14H,2H2,1,3H3,(H2,24,25,27). The number of carbonyl (C=O) groups is 1. The molecule has 0 bridgehead atoms. The maximum Gasteiger partial charge on any atom is 0.323 e. The van der Waals surface area contributed by atoms with Crippen molar-refractivity contribution in [1.82, 2.24) is 9.62 Å². The van der Waals surface area contributed by atoms with Gasteiger partial charge in [-0.1, -0.05) is 54.1 Å². The second-order valence-corrected chi connectivity index (χ2v) is 8.93. The Balaban J connectivity index is 2.07. The van der Waals surface area contributed by atoms with Crippen molar-refractivity contribution in [1.29, 1.82) is 0 Å². The number of hydrogen-bond donors (Lipinski definition) is 2. The molecule has 2 rings (SSSR count). The number of likely N-dealkylation sites (N-methyl/N-ethyl adjacent to an activating group) is 1. The summed E-state index contributed by atoms with van der Waals surface area (Å²) in [7, 11) is -2.54. The number of amides is 2. The first kappa shape index (κ1) is 23.5. The Morgan fingerprint density at radius 3 is 2.23 bits per heavy atom. The summed E-state index contributed by atoms with van der Waals surface area (Å²) in [6, 6.07) is 12.6. The van der Waals surface area contributed by atoms with E-state index in [-0.39, 0.29) is 20.6 Å². The monoisotopic (exact) mass is 465 g/mol. The summed E-state index contributed by atoms with van der Waals surface area (Å²) in [5.41, 5.74) is 1.28. The molecule has 2 aromatic carbocycles. The van der Waals surface area contributed by atoms with Crippen molar-refractivity contribution in [3.05, 3.63) is 94.8 Å². The van der Waals surface area contributed by atoms with E-state index in [1.54, 1.807) is 43.3 Å². The minimum absolute atomic E-state index is 0.0522. The average Bonchev–Trinajstić information content (AvgIpc) is 2.70. The largest absolute Gasteiger partial charge is 0.323 e. The molecular weight excluding hydrogens is 445 g/mol. The van der Waals surface area contributed by atoms with Crippen LogP contribution in [0.15, 0.2) is 89.6 Å². The van der Waals surface area contributed by atoms with E-state index in [1.807, 2.05) is 6.07 Å². The number of para-hydroxylation sites is 1. The third kappa shape index (κ3) is 6.38. The molecule has 2 amide bonds. The summed E-state index contributed by atoms with van der Waals surface area (Å²) in [5, 5.41) is 5.79. The molecule has 9 heteroatoms. The van der Waals surface area contributed by atoms with Crippen LogP contribution >= 0.6 is 23.2 Å². The third-order valence-electron chi connectivity index (χ3n) is 3.95. The predicted molar refractivity (Wildman–Crippen MR) is 122 cm³/mol. The van der Waals surface area contributed by atoms with Gasteiger partial charge in [-0.2, -0.15) is 0 Å². The summed E-state index contributed by atoms with van der Waals surface area (Å²) in [4.78, 5) is 12.1. The van der Waals surface area contributed by atoms with Gasteiger partial charge in [-0.05, 0) is 49.4 Å². The third-order valence-corrected chi connectivity index (χ3v) is 6.18. The molecule has 0 spiro atoms. The SMILES string of the molecule is C=C(C=CC(=CC)NC(=O)Nc1ccccc1)N(C)S(=O)(=O)c1cc(Cl)cc(Cl)c1. The van der Waals surface area contributed by atoms with Gasteiger partial charge in [0.25, 0.3) is 10.0 Å². The van der Waals surface area contributed by atoms with Crippen LogP contribution in [0.4, 0.5) is 10.5 Å². The van der Waals surface area contributed by atoms with Crippen LogP contribution in [0.3, 0.4) is 0 Å².